The summed E-state index contributed by atoms with van der Waals surface area (Å²) in [6.07, 6.45) is 0.0107. The molecule has 8 nitrogen and oxygen atoms in total. The first-order valence-corrected chi connectivity index (χ1v) is 10.8. The molecule has 8 heteroatoms. The fourth-order valence-electron chi connectivity index (χ4n) is 3.63. The van der Waals surface area contributed by atoms with E-state index in [-0.39, 0.29) is 5.91 Å². The molecule has 1 atom stereocenters. The van der Waals surface area contributed by atoms with Crippen molar-refractivity contribution in [3.8, 4) is 5.75 Å². The number of rotatable bonds is 5. The lowest BCUT2D eigenvalue weighted by Crippen LogP contribution is -2.46. The van der Waals surface area contributed by atoms with Crippen molar-refractivity contribution in [2.45, 2.75) is 52.4 Å². The second-order valence-corrected chi connectivity index (χ2v) is 8.88. The van der Waals surface area contributed by atoms with Gasteiger partial charge >= 0.3 is 12.1 Å². The molecule has 0 radical (unpaired) electrons. The van der Waals surface area contributed by atoms with Crippen molar-refractivity contribution in [2.75, 3.05) is 19.0 Å². The molecule has 1 N–H and O–H groups in total. The van der Waals surface area contributed by atoms with Crippen LogP contribution in [-0.2, 0) is 32.1 Å². The topological polar surface area (TPSA) is 94.2 Å². The fraction of sp³-hybridized carbons (Fsp3) is 0.400. The van der Waals surface area contributed by atoms with Gasteiger partial charge in [0.25, 0.3) is 0 Å². The number of benzene rings is 2. The third-order valence-corrected chi connectivity index (χ3v) is 5.08. The molecular weight excluding hydrogens is 424 g/mol. The lowest BCUT2D eigenvalue weighted by molar-refractivity contribution is -0.147. The summed E-state index contributed by atoms with van der Waals surface area (Å²) in [7, 11) is 1.30. The maximum Gasteiger partial charge on any atom is 0.411 e. The van der Waals surface area contributed by atoms with Crippen LogP contribution in [0.4, 0.5) is 10.5 Å². The van der Waals surface area contributed by atoms with Gasteiger partial charge in [-0.05, 0) is 68.1 Å². The summed E-state index contributed by atoms with van der Waals surface area (Å²) in [5.74, 6) is 0.0207. The van der Waals surface area contributed by atoms with Gasteiger partial charge in [0.05, 0.1) is 7.11 Å². The van der Waals surface area contributed by atoms with E-state index in [4.69, 9.17) is 14.2 Å². The first kappa shape index (κ1) is 24.1. The SMILES string of the molecule is COC(=O)[C@H]1c2ccc(OCc3ccc(NC(C)=O)cc3)cc2CCN1C(=O)OC(C)(C)C. The molecule has 176 valence electrons. The van der Waals surface area contributed by atoms with E-state index in [0.717, 1.165) is 16.8 Å². The monoisotopic (exact) mass is 454 g/mol. The molecular formula is C25H30N2O6. The van der Waals surface area contributed by atoms with Crippen LogP contribution in [0.15, 0.2) is 42.5 Å². The minimum Gasteiger partial charge on any atom is -0.489 e. The van der Waals surface area contributed by atoms with E-state index >= 15 is 0 Å². The van der Waals surface area contributed by atoms with E-state index in [1.54, 1.807) is 32.9 Å². The molecule has 3 rings (SSSR count). The second-order valence-electron chi connectivity index (χ2n) is 8.88. The van der Waals surface area contributed by atoms with Crippen LogP contribution in [-0.4, -0.2) is 42.1 Å². The number of esters is 1. The zero-order valence-corrected chi connectivity index (χ0v) is 19.6. The van der Waals surface area contributed by atoms with Gasteiger partial charge in [-0.25, -0.2) is 9.59 Å². The summed E-state index contributed by atoms with van der Waals surface area (Å²) >= 11 is 0. The molecule has 0 unspecified atom stereocenters. The number of methoxy groups -OCH3 is 1. The molecule has 0 aromatic heterocycles. The summed E-state index contributed by atoms with van der Waals surface area (Å²) in [5.41, 5.74) is 2.62. The van der Waals surface area contributed by atoms with Gasteiger partial charge in [0.15, 0.2) is 6.04 Å². The van der Waals surface area contributed by atoms with Crippen LogP contribution in [0.5, 0.6) is 5.75 Å². The number of ether oxygens (including phenoxy) is 3. The third kappa shape index (κ3) is 6.25. The average Bonchev–Trinajstić information content (AvgIpc) is 2.75. The minimum absolute atomic E-state index is 0.122. The molecule has 1 heterocycles. The molecule has 2 aromatic rings. The highest BCUT2D eigenvalue weighted by atomic mass is 16.6. The molecule has 0 saturated carbocycles. The van der Waals surface area contributed by atoms with Gasteiger partial charge < -0.3 is 19.5 Å². The van der Waals surface area contributed by atoms with Crippen LogP contribution >= 0.6 is 0 Å². The van der Waals surface area contributed by atoms with Gasteiger partial charge in [0, 0.05) is 19.2 Å². The van der Waals surface area contributed by atoms with Crippen molar-refractivity contribution >= 4 is 23.7 Å². The Labute approximate surface area is 193 Å². The fourth-order valence-corrected chi connectivity index (χ4v) is 3.63. The van der Waals surface area contributed by atoms with Gasteiger partial charge in [-0.3, -0.25) is 9.69 Å². The van der Waals surface area contributed by atoms with Crippen molar-refractivity contribution in [1.29, 1.82) is 0 Å². The molecule has 1 aliphatic rings. The number of nitrogens with one attached hydrogen (secondary N) is 1. The number of carbonyl (C=O) groups excluding carboxylic acids is 3. The Morgan fingerprint density at radius 1 is 1.09 bits per heavy atom. The molecule has 0 fully saturated rings. The average molecular weight is 455 g/mol. The standard InChI is InChI=1S/C25H30N2O6/c1-16(28)26-19-8-6-17(7-9-19)15-32-20-10-11-21-18(14-20)12-13-27(22(21)23(29)31-5)24(30)33-25(2,3)4/h6-11,14,22H,12-13,15H2,1-5H3,(H,26,28)/t22-/m1/s1. The van der Waals surface area contributed by atoms with Gasteiger partial charge in [-0.1, -0.05) is 18.2 Å². The van der Waals surface area contributed by atoms with E-state index in [2.05, 4.69) is 5.32 Å². The van der Waals surface area contributed by atoms with Crippen molar-refractivity contribution < 1.29 is 28.6 Å². The van der Waals surface area contributed by atoms with Crippen molar-refractivity contribution in [1.82, 2.24) is 4.90 Å². The summed E-state index contributed by atoms with van der Waals surface area (Å²) in [6, 6.07) is 12.0. The van der Waals surface area contributed by atoms with E-state index in [0.29, 0.717) is 30.9 Å². The zero-order valence-electron chi connectivity index (χ0n) is 19.6. The van der Waals surface area contributed by atoms with Crippen LogP contribution in [0.1, 0.15) is 50.4 Å². The Bertz CT molecular complexity index is 1030. The Kier molecular flexibility index (Phi) is 7.26. The number of hydrogen-bond acceptors (Lipinski definition) is 6. The number of anilines is 1. The quantitative estimate of drug-likeness (QED) is 0.680. The number of fused-ring (bicyclic) bond motifs is 1. The zero-order chi connectivity index (χ0) is 24.2. The van der Waals surface area contributed by atoms with E-state index < -0.39 is 23.7 Å². The molecule has 2 amide bonds. The maximum absolute atomic E-state index is 12.7. The van der Waals surface area contributed by atoms with Crippen LogP contribution in [0.2, 0.25) is 0 Å². The molecule has 0 aliphatic carbocycles. The summed E-state index contributed by atoms with van der Waals surface area (Å²) in [5, 5.41) is 2.73. The van der Waals surface area contributed by atoms with Crippen LogP contribution in [0.3, 0.4) is 0 Å². The Morgan fingerprint density at radius 3 is 2.39 bits per heavy atom. The van der Waals surface area contributed by atoms with Crippen molar-refractivity contribution in [2.24, 2.45) is 0 Å². The third-order valence-electron chi connectivity index (χ3n) is 5.08. The lowest BCUT2D eigenvalue weighted by atomic mass is 9.92. The van der Waals surface area contributed by atoms with Crippen molar-refractivity contribution in [3.63, 3.8) is 0 Å². The lowest BCUT2D eigenvalue weighted by Gasteiger charge is -2.36. The van der Waals surface area contributed by atoms with E-state index in [1.165, 1.54) is 18.9 Å². The Balaban J connectivity index is 1.74. The molecule has 2 aromatic carbocycles. The van der Waals surface area contributed by atoms with Gasteiger partial charge in [0.2, 0.25) is 5.91 Å². The molecule has 33 heavy (non-hydrogen) atoms. The maximum atomic E-state index is 12.7. The number of nitrogens with zero attached hydrogens (tertiary/aromatic N) is 1. The predicted octanol–water partition coefficient (Wildman–Crippen LogP) is 4.23. The molecule has 0 bridgehead atoms. The van der Waals surface area contributed by atoms with Crippen molar-refractivity contribution in [3.05, 3.63) is 59.2 Å². The van der Waals surface area contributed by atoms with Gasteiger partial charge in [0.1, 0.15) is 18.0 Å². The highest BCUT2D eigenvalue weighted by Gasteiger charge is 2.39. The summed E-state index contributed by atoms with van der Waals surface area (Å²) in [4.78, 5) is 37.8. The first-order chi connectivity index (χ1) is 15.6. The number of hydrogen-bond donors (Lipinski definition) is 1. The smallest absolute Gasteiger partial charge is 0.411 e. The first-order valence-electron chi connectivity index (χ1n) is 10.8. The largest absolute Gasteiger partial charge is 0.489 e. The highest BCUT2D eigenvalue weighted by molar-refractivity contribution is 5.88. The summed E-state index contributed by atoms with van der Waals surface area (Å²) < 4.78 is 16.4. The number of carbonyl (C=O) groups is 3. The normalized spacial score (nSPS) is 15.3. The molecule has 0 spiro atoms. The van der Waals surface area contributed by atoms with Gasteiger partial charge in [-0.2, -0.15) is 0 Å². The highest BCUT2D eigenvalue weighted by Crippen LogP contribution is 2.34. The molecule has 0 saturated heterocycles. The number of amides is 2. The summed E-state index contributed by atoms with van der Waals surface area (Å²) in [6.45, 7) is 7.50. The Hall–Kier alpha value is -3.55. The van der Waals surface area contributed by atoms with Crippen LogP contribution < -0.4 is 10.1 Å². The van der Waals surface area contributed by atoms with E-state index in [9.17, 15) is 14.4 Å². The second kappa shape index (κ2) is 9.94. The predicted molar refractivity (Wildman–Crippen MR) is 123 cm³/mol. The van der Waals surface area contributed by atoms with Gasteiger partial charge in [-0.15, -0.1) is 0 Å². The Morgan fingerprint density at radius 2 is 1.79 bits per heavy atom. The van der Waals surface area contributed by atoms with Crippen LogP contribution in [0, 0.1) is 0 Å². The minimum atomic E-state index is -0.871. The molecule has 1 aliphatic heterocycles. The van der Waals surface area contributed by atoms with Crippen LogP contribution in [0.25, 0.3) is 0 Å². The van der Waals surface area contributed by atoms with E-state index in [1.807, 2.05) is 30.3 Å².